The highest BCUT2D eigenvalue weighted by Gasteiger charge is 2.31. The summed E-state index contributed by atoms with van der Waals surface area (Å²) in [5, 5.41) is 0. The molecule has 0 aromatic heterocycles. The van der Waals surface area contributed by atoms with E-state index in [0.717, 1.165) is 35.6 Å². The van der Waals surface area contributed by atoms with E-state index in [-0.39, 0.29) is 30.8 Å². The summed E-state index contributed by atoms with van der Waals surface area (Å²) in [5.74, 6) is -0.163. The number of halogens is 2. The predicted octanol–water partition coefficient (Wildman–Crippen LogP) is 8.86. The summed E-state index contributed by atoms with van der Waals surface area (Å²) in [6.45, 7) is 6.89. The van der Waals surface area contributed by atoms with E-state index in [9.17, 15) is 8.78 Å². The fourth-order valence-electron chi connectivity index (χ4n) is 6.07. The van der Waals surface area contributed by atoms with Crippen molar-refractivity contribution in [2.45, 2.75) is 64.1 Å². The molecule has 39 heavy (non-hydrogen) atoms. The van der Waals surface area contributed by atoms with Crippen LogP contribution in [0.25, 0.3) is 11.1 Å². The summed E-state index contributed by atoms with van der Waals surface area (Å²) in [6.07, 6.45) is 9.65. The van der Waals surface area contributed by atoms with Gasteiger partial charge < -0.3 is 14.2 Å². The van der Waals surface area contributed by atoms with Crippen LogP contribution in [0.15, 0.2) is 73.3 Å². The van der Waals surface area contributed by atoms with Gasteiger partial charge >= 0.3 is 0 Å². The lowest BCUT2D eigenvalue weighted by Crippen LogP contribution is -2.31. The number of rotatable bonds is 9. The molecule has 0 N–H and O–H groups in total. The second kappa shape index (κ2) is 12.8. The van der Waals surface area contributed by atoms with E-state index in [2.05, 4.69) is 30.8 Å². The first-order valence-electron chi connectivity index (χ1n) is 14.2. The van der Waals surface area contributed by atoms with Crippen LogP contribution in [0, 0.1) is 23.5 Å². The zero-order valence-corrected chi connectivity index (χ0v) is 22.7. The molecule has 2 atom stereocenters. The molecule has 206 valence electrons. The highest BCUT2D eigenvalue weighted by atomic mass is 19.2. The first-order valence-corrected chi connectivity index (χ1v) is 14.2. The third-order valence-corrected chi connectivity index (χ3v) is 8.42. The molecule has 5 rings (SSSR count). The van der Waals surface area contributed by atoms with Crippen molar-refractivity contribution in [1.29, 1.82) is 0 Å². The Morgan fingerprint density at radius 1 is 0.769 bits per heavy atom. The molecule has 3 aromatic carbocycles. The Labute approximate surface area is 230 Å². The van der Waals surface area contributed by atoms with Crippen LogP contribution < -0.4 is 9.47 Å². The van der Waals surface area contributed by atoms with Crippen molar-refractivity contribution in [2.75, 3.05) is 13.2 Å². The van der Waals surface area contributed by atoms with Gasteiger partial charge in [0.25, 0.3) is 0 Å². The maximum absolute atomic E-state index is 14.3. The van der Waals surface area contributed by atoms with Gasteiger partial charge in [-0.3, -0.25) is 0 Å². The number of ether oxygens (including phenoxy) is 3. The van der Waals surface area contributed by atoms with Gasteiger partial charge in [-0.2, -0.15) is 8.78 Å². The van der Waals surface area contributed by atoms with Crippen LogP contribution in [-0.2, 0) is 11.3 Å². The van der Waals surface area contributed by atoms with Gasteiger partial charge in [-0.05, 0) is 97.6 Å². The molecule has 0 amide bonds. The second-order valence-electron chi connectivity index (χ2n) is 10.8. The Morgan fingerprint density at radius 2 is 1.36 bits per heavy atom. The minimum Gasteiger partial charge on any atom is -0.491 e. The largest absolute Gasteiger partial charge is 0.491 e. The van der Waals surface area contributed by atoms with Crippen LogP contribution >= 0.6 is 0 Å². The van der Waals surface area contributed by atoms with E-state index in [0.29, 0.717) is 11.8 Å². The first kappa shape index (κ1) is 27.4. The van der Waals surface area contributed by atoms with Gasteiger partial charge in [-0.1, -0.05) is 54.6 Å². The fourth-order valence-corrected chi connectivity index (χ4v) is 6.07. The van der Waals surface area contributed by atoms with E-state index in [4.69, 9.17) is 14.2 Å². The lowest BCUT2D eigenvalue weighted by molar-refractivity contribution is -0.0147. The van der Waals surface area contributed by atoms with E-state index < -0.39 is 11.6 Å². The highest BCUT2D eigenvalue weighted by molar-refractivity contribution is 5.64. The highest BCUT2D eigenvalue weighted by Crippen LogP contribution is 2.41. The lowest BCUT2D eigenvalue weighted by atomic mass is 9.72. The van der Waals surface area contributed by atoms with Gasteiger partial charge in [0.2, 0.25) is 11.6 Å². The minimum atomic E-state index is -1.03. The van der Waals surface area contributed by atoms with E-state index in [1.165, 1.54) is 49.8 Å². The van der Waals surface area contributed by atoms with Crippen molar-refractivity contribution < 1.29 is 23.0 Å². The van der Waals surface area contributed by atoms with Crippen LogP contribution in [-0.4, -0.2) is 19.3 Å². The molecule has 3 nitrogen and oxygen atoms in total. The van der Waals surface area contributed by atoms with Crippen molar-refractivity contribution >= 4 is 0 Å². The summed E-state index contributed by atoms with van der Waals surface area (Å²) in [5.41, 5.74) is 4.58. The summed E-state index contributed by atoms with van der Waals surface area (Å²) in [6, 6.07) is 19.7. The summed E-state index contributed by atoms with van der Waals surface area (Å²) in [7, 11) is 0. The summed E-state index contributed by atoms with van der Waals surface area (Å²) < 4.78 is 45.0. The molecular weight excluding hydrogens is 494 g/mol. The summed E-state index contributed by atoms with van der Waals surface area (Å²) in [4.78, 5) is 0. The smallest absolute Gasteiger partial charge is 0.204 e. The van der Waals surface area contributed by atoms with Gasteiger partial charge in [0, 0.05) is 0 Å². The molecule has 1 aliphatic carbocycles. The van der Waals surface area contributed by atoms with E-state index in [1.54, 1.807) is 6.92 Å². The monoisotopic (exact) mass is 532 g/mol. The van der Waals surface area contributed by atoms with Crippen LogP contribution in [0.2, 0.25) is 0 Å². The third kappa shape index (κ3) is 6.52. The molecule has 3 aromatic rings. The van der Waals surface area contributed by atoms with Crippen molar-refractivity contribution in [3.63, 3.8) is 0 Å². The van der Waals surface area contributed by atoms with Gasteiger partial charge in [0.15, 0.2) is 11.5 Å². The summed E-state index contributed by atoms with van der Waals surface area (Å²) >= 11 is 0. The van der Waals surface area contributed by atoms with Gasteiger partial charge in [-0.25, -0.2) is 0 Å². The molecule has 2 aliphatic rings. The second-order valence-corrected chi connectivity index (χ2v) is 10.8. The minimum absolute atomic E-state index is 0.109. The number of hydrogen-bond acceptors (Lipinski definition) is 3. The maximum Gasteiger partial charge on any atom is 0.204 e. The predicted molar refractivity (Wildman–Crippen MR) is 151 cm³/mol. The molecule has 0 bridgehead atoms. The molecule has 0 radical (unpaired) electrons. The Morgan fingerprint density at radius 3 is 1.92 bits per heavy atom. The van der Waals surface area contributed by atoms with Gasteiger partial charge in [0.05, 0.1) is 19.3 Å². The van der Waals surface area contributed by atoms with Crippen molar-refractivity contribution in [1.82, 2.24) is 0 Å². The zero-order valence-electron chi connectivity index (χ0n) is 22.7. The Balaban J connectivity index is 1.13. The van der Waals surface area contributed by atoms with Crippen molar-refractivity contribution in [2.24, 2.45) is 11.8 Å². The SMILES string of the molecule is C=CC1CCC(C2CCC(c3ccc(-c4ccc(COc5ccc(OCC)c(F)c5F)cc4)cc3)CC2)CO1. The Kier molecular flexibility index (Phi) is 8.98. The van der Waals surface area contributed by atoms with Crippen LogP contribution in [0.5, 0.6) is 11.5 Å². The van der Waals surface area contributed by atoms with Gasteiger partial charge in [-0.15, -0.1) is 6.58 Å². The average molecular weight is 533 g/mol. The molecule has 0 spiro atoms. The fraction of sp³-hybridized carbons (Fsp3) is 0.412. The molecule has 1 saturated carbocycles. The van der Waals surface area contributed by atoms with Crippen LogP contribution in [0.1, 0.15) is 62.5 Å². The molecule has 2 unspecified atom stereocenters. The average Bonchev–Trinajstić information content (AvgIpc) is 3.00. The first-order chi connectivity index (χ1) is 19.1. The number of hydrogen-bond donors (Lipinski definition) is 0. The third-order valence-electron chi connectivity index (χ3n) is 8.42. The molecule has 1 saturated heterocycles. The molecule has 5 heteroatoms. The van der Waals surface area contributed by atoms with E-state index >= 15 is 0 Å². The topological polar surface area (TPSA) is 27.7 Å². The zero-order chi connectivity index (χ0) is 27.2. The van der Waals surface area contributed by atoms with Crippen LogP contribution in [0.3, 0.4) is 0 Å². The standard InChI is InChI=1S/C34H38F2O3/c1-3-30-18-17-29(22-38-30)28-15-13-27(14-16-28)26-11-9-25(10-12-26)24-7-5-23(6-8-24)21-39-32-20-19-31(37-4-2)33(35)34(32)36/h3,5-12,19-20,27-30H,1,4,13-18,21-22H2,2H3. The molecule has 1 heterocycles. The molecular formula is C34H38F2O3. The Hall–Kier alpha value is -3.18. The number of benzene rings is 3. The van der Waals surface area contributed by atoms with E-state index in [1.807, 2.05) is 30.3 Å². The molecule has 2 fully saturated rings. The normalized spacial score (nSPS) is 23.3. The van der Waals surface area contributed by atoms with Gasteiger partial charge in [0.1, 0.15) is 6.61 Å². The van der Waals surface area contributed by atoms with Crippen molar-refractivity contribution in [3.8, 4) is 22.6 Å². The lowest BCUT2D eigenvalue weighted by Gasteiger charge is -2.37. The maximum atomic E-state index is 14.3. The molecule has 1 aliphatic heterocycles. The Bertz CT molecular complexity index is 1220. The van der Waals surface area contributed by atoms with Crippen LogP contribution in [0.4, 0.5) is 8.78 Å². The van der Waals surface area contributed by atoms with Crippen molar-refractivity contribution in [3.05, 3.63) is 96.1 Å². The quantitative estimate of drug-likeness (QED) is 0.258.